The fourth-order valence-corrected chi connectivity index (χ4v) is 4.97. The first-order chi connectivity index (χ1) is 14.8. The quantitative estimate of drug-likeness (QED) is 0.644. The third-order valence-corrected chi connectivity index (χ3v) is 6.67. The summed E-state index contributed by atoms with van der Waals surface area (Å²) in [5.74, 6) is -0.0114. The van der Waals surface area contributed by atoms with Crippen molar-refractivity contribution >= 4 is 21.6 Å². The van der Waals surface area contributed by atoms with Crippen molar-refractivity contribution in [3.8, 4) is 0 Å². The van der Waals surface area contributed by atoms with Crippen LogP contribution in [0.5, 0.6) is 0 Å². The van der Waals surface area contributed by atoms with Gasteiger partial charge in [0.25, 0.3) is 0 Å². The summed E-state index contributed by atoms with van der Waals surface area (Å²) < 4.78 is 23.5. The van der Waals surface area contributed by atoms with Gasteiger partial charge in [-0.1, -0.05) is 60.7 Å². The number of sulfonamides is 1. The zero-order valence-electron chi connectivity index (χ0n) is 17.3. The van der Waals surface area contributed by atoms with Gasteiger partial charge in [-0.15, -0.1) is 0 Å². The highest BCUT2D eigenvalue weighted by Crippen LogP contribution is 2.33. The molecule has 3 aromatic rings. The van der Waals surface area contributed by atoms with E-state index >= 15 is 0 Å². The van der Waals surface area contributed by atoms with Gasteiger partial charge in [-0.05, 0) is 41.3 Å². The van der Waals surface area contributed by atoms with Crippen LogP contribution in [0.4, 0.5) is 5.69 Å². The van der Waals surface area contributed by atoms with Gasteiger partial charge in [0.05, 0.1) is 11.4 Å². The topological polar surface area (TPSA) is 92.5 Å². The van der Waals surface area contributed by atoms with E-state index in [2.05, 4.69) is 40.5 Å². The van der Waals surface area contributed by atoms with Crippen LogP contribution in [0.3, 0.4) is 0 Å². The molecule has 1 heterocycles. The number of amides is 1. The second-order valence-electron chi connectivity index (χ2n) is 7.91. The predicted octanol–water partition coefficient (Wildman–Crippen LogP) is 3.23. The third-order valence-electron chi connectivity index (χ3n) is 5.61. The monoisotopic (exact) mass is 435 g/mol. The number of benzene rings is 3. The minimum atomic E-state index is -3.85. The maximum absolute atomic E-state index is 12.7. The lowest BCUT2D eigenvalue weighted by Crippen LogP contribution is -2.39. The van der Waals surface area contributed by atoms with Gasteiger partial charge < -0.3 is 5.32 Å². The molecular formula is C24H25N3O3S. The smallest absolute Gasteiger partial charge is 0.238 e. The van der Waals surface area contributed by atoms with Gasteiger partial charge in [0.15, 0.2) is 0 Å². The Morgan fingerprint density at radius 1 is 1.06 bits per heavy atom. The maximum atomic E-state index is 12.7. The Morgan fingerprint density at radius 3 is 2.52 bits per heavy atom. The summed E-state index contributed by atoms with van der Waals surface area (Å²) >= 11 is 0. The van der Waals surface area contributed by atoms with Crippen molar-refractivity contribution in [2.45, 2.75) is 24.3 Å². The number of aryl methyl sites for hydroxylation is 1. The van der Waals surface area contributed by atoms with Gasteiger partial charge in [-0.25, -0.2) is 13.6 Å². The van der Waals surface area contributed by atoms with E-state index in [0.29, 0.717) is 17.8 Å². The lowest BCUT2D eigenvalue weighted by atomic mass is 9.84. The fourth-order valence-electron chi connectivity index (χ4n) is 4.16. The lowest BCUT2D eigenvalue weighted by molar-refractivity contribution is -0.117. The fraction of sp³-hybridized carbons (Fsp3) is 0.208. The van der Waals surface area contributed by atoms with E-state index in [9.17, 15) is 13.2 Å². The summed E-state index contributed by atoms with van der Waals surface area (Å²) in [6.45, 7) is 3.28. The zero-order valence-corrected chi connectivity index (χ0v) is 18.1. The molecule has 3 N–H and O–H groups in total. The largest absolute Gasteiger partial charge is 0.325 e. The van der Waals surface area contributed by atoms with E-state index in [1.165, 1.54) is 22.8 Å². The summed E-state index contributed by atoms with van der Waals surface area (Å²) in [5.41, 5.74) is 4.68. The molecular weight excluding hydrogens is 410 g/mol. The Morgan fingerprint density at radius 2 is 1.77 bits per heavy atom. The van der Waals surface area contributed by atoms with Crippen LogP contribution < -0.4 is 10.5 Å². The normalized spacial score (nSPS) is 16.5. The number of fused-ring (bicyclic) bond motifs is 1. The number of rotatable bonds is 5. The number of carbonyl (C=O) groups is 1. The van der Waals surface area contributed by atoms with Gasteiger partial charge >= 0.3 is 0 Å². The van der Waals surface area contributed by atoms with Crippen molar-refractivity contribution in [3.05, 3.63) is 95.1 Å². The number of hydrogen-bond donors (Lipinski definition) is 2. The van der Waals surface area contributed by atoms with Crippen molar-refractivity contribution in [2.75, 3.05) is 18.4 Å². The number of nitrogens with two attached hydrogens (primary N) is 1. The average Bonchev–Trinajstić information content (AvgIpc) is 2.74. The molecule has 0 radical (unpaired) electrons. The second-order valence-corrected chi connectivity index (χ2v) is 9.44. The SMILES string of the molecule is Cc1ccc(NC(=O)CN2Cc3ccccc3C(c3ccccc3)C2)cc1S(N)(=O)=O. The van der Waals surface area contributed by atoms with Gasteiger partial charge in [0.1, 0.15) is 0 Å². The van der Waals surface area contributed by atoms with Crippen LogP contribution in [0.1, 0.15) is 28.2 Å². The number of nitrogens with one attached hydrogen (secondary N) is 1. The summed E-state index contributed by atoms with van der Waals surface area (Å²) in [6.07, 6.45) is 0. The number of anilines is 1. The molecule has 31 heavy (non-hydrogen) atoms. The van der Waals surface area contributed by atoms with Crippen molar-refractivity contribution < 1.29 is 13.2 Å². The minimum absolute atomic E-state index is 0.0151. The zero-order chi connectivity index (χ0) is 22.0. The van der Waals surface area contributed by atoms with E-state index in [1.54, 1.807) is 19.1 Å². The Hall–Kier alpha value is -3.00. The molecule has 1 unspecified atom stereocenters. The first-order valence-electron chi connectivity index (χ1n) is 10.1. The highest BCUT2D eigenvalue weighted by atomic mass is 32.2. The number of carbonyl (C=O) groups excluding carboxylic acids is 1. The molecule has 0 aliphatic carbocycles. The summed E-state index contributed by atoms with van der Waals surface area (Å²) in [7, 11) is -3.85. The molecule has 0 saturated heterocycles. The molecule has 0 fully saturated rings. The first-order valence-corrected chi connectivity index (χ1v) is 11.6. The number of hydrogen-bond acceptors (Lipinski definition) is 4. The van der Waals surface area contributed by atoms with Crippen LogP contribution in [-0.2, 0) is 21.4 Å². The number of primary sulfonamides is 1. The van der Waals surface area contributed by atoms with Gasteiger partial charge in [0, 0.05) is 24.7 Å². The van der Waals surface area contributed by atoms with E-state index < -0.39 is 10.0 Å². The molecule has 4 rings (SSSR count). The molecule has 1 aliphatic rings. The van der Waals surface area contributed by atoms with Crippen LogP contribution in [0.25, 0.3) is 0 Å². The van der Waals surface area contributed by atoms with Crippen molar-refractivity contribution in [3.63, 3.8) is 0 Å². The molecule has 0 aromatic heterocycles. The van der Waals surface area contributed by atoms with Gasteiger partial charge in [-0.3, -0.25) is 9.69 Å². The van der Waals surface area contributed by atoms with E-state index in [0.717, 1.165) is 6.54 Å². The van der Waals surface area contributed by atoms with Crippen molar-refractivity contribution in [1.29, 1.82) is 0 Å². The van der Waals surface area contributed by atoms with E-state index in [-0.39, 0.29) is 23.3 Å². The van der Waals surface area contributed by atoms with Crippen LogP contribution in [0.2, 0.25) is 0 Å². The Kier molecular flexibility index (Phi) is 5.91. The number of nitrogens with zero attached hydrogens (tertiary/aromatic N) is 1. The average molecular weight is 436 g/mol. The maximum Gasteiger partial charge on any atom is 0.238 e. The molecule has 1 atom stereocenters. The standard InChI is InChI=1S/C24H25N3O3S/c1-17-11-12-20(13-23(17)31(25,29)30)26-24(28)16-27-14-19-9-5-6-10-21(19)22(15-27)18-7-3-2-4-8-18/h2-13,22H,14-16H2,1H3,(H,26,28)(H2,25,29,30). The predicted molar refractivity (Wildman–Crippen MR) is 121 cm³/mol. The molecule has 1 amide bonds. The highest BCUT2D eigenvalue weighted by molar-refractivity contribution is 7.89. The molecule has 7 heteroatoms. The molecule has 6 nitrogen and oxygen atoms in total. The molecule has 3 aromatic carbocycles. The highest BCUT2D eigenvalue weighted by Gasteiger charge is 2.27. The molecule has 0 bridgehead atoms. The molecule has 0 spiro atoms. The Labute approximate surface area is 182 Å². The van der Waals surface area contributed by atoms with Gasteiger partial charge in [-0.2, -0.15) is 0 Å². The van der Waals surface area contributed by atoms with E-state index in [4.69, 9.17) is 5.14 Å². The van der Waals surface area contributed by atoms with Crippen LogP contribution in [-0.4, -0.2) is 32.3 Å². The Bertz CT molecular complexity index is 1210. The van der Waals surface area contributed by atoms with Crippen LogP contribution >= 0.6 is 0 Å². The van der Waals surface area contributed by atoms with Crippen LogP contribution in [0.15, 0.2) is 77.7 Å². The lowest BCUT2D eigenvalue weighted by Gasteiger charge is -2.34. The molecule has 160 valence electrons. The summed E-state index contributed by atoms with van der Waals surface area (Å²) in [4.78, 5) is 14.9. The molecule has 1 aliphatic heterocycles. The van der Waals surface area contributed by atoms with Crippen molar-refractivity contribution in [2.24, 2.45) is 5.14 Å². The van der Waals surface area contributed by atoms with Crippen molar-refractivity contribution in [1.82, 2.24) is 4.90 Å². The minimum Gasteiger partial charge on any atom is -0.325 e. The third kappa shape index (κ3) is 4.85. The summed E-state index contributed by atoms with van der Waals surface area (Å²) in [6, 6.07) is 23.4. The van der Waals surface area contributed by atoms with E-state index in [1.807, 2.05) is 24.3 Å². The Balaban J connectivity index is 1.52. The summed E-state index contributed by atoms with van der Waals surface area (Å²) in [5, 5.41) is 8.08. The first kappa shape index (κ1) is 21.2. The second kappa shape index (κ2) is 8.63. The van der Waals surface area contributed by atoms with Crippen LogP contribution in [0, 0.1) is 6.92 Å². The van der Waals surface area contributed by atoms with Gasteiger partial charge in [0.2, 0.25) is 15.9 Å². The molecule has 0 saturated carbocycles.